The van der Waals surface area contributed by atoms with E-state index >= 15 is 0 Å². The molecule has 0 spiro atoms. The molecule has 1 aliphatic heterocycles. The standard InChI is InChI=1S/C85H149NO8/c1-3-5-7-9-11-13-15-17-19-21-23-25-27-29-31-33-35-36-37-38-39-40-41-42-43-44-45-47-49-51-53-55-57-59-61-63-65-67-69-71-73-75-81(89)86-78(77-93-85-84(92)83(91)82(90)80(76-87)94-85)79(88)74-72-70-68-66-64-62-60-58-56-54-52-50-48-46-34-32-30-28-26-24-22-20-18-16-14-12-10-8-6-4-2/h5,7,11,13,17,19,23,25,29,31,35-36,38-39,41-42,64,66,72,74,78-80,82-85,87-88,90-92H,3-4,6,8-10,12,14-16,18,20-22,24,26-28,30,32-34,37,40,43-63,65,67-71,73,75-77H2,1-2H3,(H,86,89)/b7-5-,13-11-,19-17-,25-23-,31-29-,36-35-,39-38-,42-41-,66-64+,74-72+. The summed E-state index contributed by atoms with van der Waals surface area (Å²) in [4.78, 5) is 13.2. The minimum atomic E-state index is -1.58. The first-order valence-corrected chi connectivity index (χ1v) is 39.8. The van der Waals surface area contributed by atoms with Gasteiger partial charge in [-0.3, -0.25) is 4.79 Å². The highest BCUT2D eigenvalue weighted by molar-refractivity contribution is 5.76. The van der Waals surface area contributed by atoms with Crippen LogP contribution in [-0.2, 0) is 14.3 Å². The average molecular weight is 1310 g/mol. The van der Waals surface area contributed by atoms with Crippen molar-refractivity contribution in [3.63, 3.8) is 0 Å². The summed E-state index contributed by atoms with van der Waals surface area (Å²) in [6.45, 7) is 3.69. The van der Waals surface area contributed by atoms with E-state index in [-0.39, 0.29) is 12.5 Å². The van der Waals surface area contributed by atoms with Crippen LogP contribution in [0.4, 0.5) is 0 Å². The van der Waals surface area contributed by atoms with Crippen molar-refractivity contribution in [2.45, 2.75) is 397 Å². The topological polar surface area (TPSA) is 149 Å². The molecule has 1 fully saturated rings. The molecule has 7 unspecified atom stereocenters. The van der Waals surface area contributed by atoms with E-state index in [0.29, 0.717) is 6.42 Å². The highest BCUT2D eigenvalue weighted by Crippen LogP contribution is 2.23. The zero-order chi connectivity index (χ0) is 67.8. The lowest BCUT2D eigenvalue weighted by Crippen LogP contribution is -2.60. The van der Waals surface area contributed by atoms with Gasteiger partial charge in [0, 0.05) is 6.42 Å². The van der Waals surface area contributed by atoms with Gasteiger partial charge in [0.05, 0.1) is 25.4 Å². The summed E-state index contributed by atoms with van der Waals surface area (Å²) in [6.07, 6.45) is 102. The molecule has 0 aromatic heterocycles. The maximum absolute atomic E-state index is 13.2. The highest BCUT2D eigenvalue weighted by Gasteiger charge is 2.44. The molecule has 542 valence electrons. The third-order valence-electron chi connectivity index (χ3n) is 18.3. The fraction of sp³-hybridized carbons (Fsp3) is 0.753. The molecule has 9 nitrogen and oxygen atoms in total. The van der Waals surface area contributed by atoms with Gasteiger partial charge in [-0.2, -0.15) is 0 Å². The molecular formula is C85H149NO8. The van der Waals surface area contributed by atoms with Crippen LogP contribution in [0, 0.1) is 0 Å². The lowest BCUT2D eigenvalue weighted by atomic mass is 9.99. The van der Waals surface area contributed by atoms with Crippen molar-refractivity contribution in [3.8, 4) is 0 Å². The van der Waals surface area contributed by atoms with Crippen molar-refractivity contribution in [2.75, 3.05) is 13.2 Å². The van der Waals surface area contributed by atoms with E-state index in [1.54, 1.807) is 6.08 Å². The van der Waals surface area contributed by atoms with Crippen molar-refractivity contribution in [3.05, 3.63) is 122 Å². The van der Waals surface area contributed by atoms with Crippen LogP contribution in [0.5, 0.6) is 0 Å². The Morgan fingerprint density at radius 2 is 0.670 bits per heavy atom. The number of aliphatic hydroxyl groups is 5. The molecule has 1 rings (SSSR count). The normalized spacial score (nSPS) is 18.2. The summed E-state index contributed by atoms with van der Waals surface area (Å²) in [6, 6.07) is -0.830. The molecule has 0 aliphatic carbocycles. The van der Waals surface area contributed by atoms with Crippen LogP contribution < -0.4 is 5.32 Å². The number of nitrogens with one attached hydrogen (secondary N) is 1. The summed E-state index contributed by atoms with van der Waals surface area (Å²) in [7, 11) is 0. The van der Waals surface area contributed by atoms with Gasteiger partial charge >= 0.3 is 0 Å². The molecule has 94 heavy (non-hydrogen) atoms. The van der Waals surface area contributed by atoms with E-state index in [9.17, 15) is 30.3 Å². The number of carbonyl (C=O) groups is 1. The number of rotatable bonds is 69. The molecule has 6 N–H and O–H groups in total. The number of unbranched alkanes of at least 4 members (excludes halogenated alkanes) is 41. The monoisotopic (exact) mass is 1310 g/mol. The van der Waals surface area contributed by atoms with Gasteiger partial charge in [-0.25, -0.2) is 0 Å². The minimum Gasteiger partial charge on any atom is -0.394 e. The molecule has 0 radical (unpaired) electrons. The molecule has 0 saturated carbocycles. The first-order valence-electron chi connectivity index (χ1n) is 39.8. The van der Waals surface area contributed by atoms with E-state index in [0.717, 1.165) is 89.9 Å². The van der Waals surface area contributed by atoms with Crippen molar-refractivity contribution in [1.82, 2.24) is 5.32 Å². The lowest BCUT2D eigenvalue weighted by molar-refractivity contribution is -0.302. The smallest absolute Gasteiger partial charge is 0.220 e. The first kappa shape index (κ1) is 88.6. The number of amides is 1. The van der Waals surface area contributed by atoms with Crippen LogP contribution in [0.2, 0.25) is 0 Å². The molecule has 1 saturated heterocycles. The Morgan fingerprint density at radius 3 is 1.02 bits per heavy atom. The van der Waals surface area contributed by atoms with Gasteiger partial charge in [0.2, 0.25) is 5.91 Å². The Labute approximate surface area is 579 Å². The Hall–Kier alpha value is -3.41. The maximum atomic E-state index is 13.2. The van der Waals surface area contributed by atoms with E-state index in [2.05, 4.69) is 129 Å². The number of carbonyl (C=O) groups excluding carboxylic acids is 1. The van der Waals surface area contributed by atoms with Gasteiger partial charge in [0.1, 0.15) is 24.4 Å². The SMILES string of the molecule is CC/C=C\C/C=C\C/C=C\C/C=C\C/C=C\C/C=C\C/C=C\C/C=C\CCCCCCCCCCCCCCCCCCC(=O)NC(COC1OC(CO)C(O)C(O)C1O)C(O)/C=C/CC/C=C/CCCCCCCCCCCCCCCCCCCCCCCCCC. The van der Waals surface area contributed by atoms with Crippen LogP contribution in [0.15, 0.2) is 122 Å². The molecule has 9 heteroatoms. The molecule has 0 aromatic carbocycles. The zero-order valence-electron chi connectivity index (χ0n) is 60.9. The van der Waals surface area contributed by atoms with E-state index < -0.39 is 49.5 Å². The summed E-state index contributed by atoms with van der Waals surface area (Å²) in [5.74, 6) is -0.185. The Balaban J connectivity index is 2.10. The van der Waals surface area contributed by atoms with Gasteiger partial charge in [0.15, 0.2) is 6.29 Å². The van der Waals surface area contributed by atoms with E-state index in [1.807, 2.05) is 6.08 Å². The van der Waals surface area contributed by atoms with Crippen LogP contribution in [-0.4, -0.2) is 87.5 Å². The third-order valence-corrected chi connectivity index (χ3v) is 18.3. The summed E-state index contributed by atoms with van der Waals surface area (Å²) in [5.41, 5.74) is 0. The number of hydrogen-bond acceptors (Lipinski definition) is 8. The number of aliphatic hydroxyl groups excluding tert-OH is 5. The second kappa shape index (κ2) is 72.3. The second-order valence-electron chi connectivity index (χ2n) is 27.1. The number of allylic oxidation sites excluding steroid dienone is 19. The van der Waals surface area contributed by atoms with Crippen molar-refractivity contribution in [2.24, 2.45) is 0 Å². The average Bonchev–Trinajstić information content (AvgIpc) is 0.831. The minimum absolute atomic E-state index is 0.185. The molecule has 0 bridgehead atoms. The van der Waals surface area contributed by atoms with Crippen LogP contribution >= 0.6 is 0 Å². The number of ether oxygens (including phenoxy) is 2. The van der Waals surface area contributed by atoms with Crippen LogP contribution in [0.1, 0.15) is 354 Å². The molecule has 0 aromatic rings. The Kier molecular flexibility index (Phi) is 68.2. The fourth-order valence-corrected chi connectivity index (χ4v) is 12.1. The molecular weight excluding hydrogens is 1160 g/mol. The summed E-state index contributed by atoms with van der Waals surface area (Å²) in [5, 5.41) is 54.9. The predicted octanol–water partition coefficient (Wildman–Crippen LogP) is 22.9. The lowest BCUT2D eigenvalue weighted by Gasteiger charge is -2.40. The highest BCUT2D eigenvalue weighted by atomic mass is 16.7. The van der Waals surface area contributed by atoms with Gasteiger partial charge in [-0.15, -0.1) is 0 Å². The van der Waals surface area contributed by atoms with Crippen molar-refractivity contribution >= 4 is 5.91 Å². The molecule has 7 atom stereocenters. The number of hydrogen-bond donors (Lipinski definition) is 6. The van der Waals surface area contributed by atoms with Crippen molar-refractivity contribution in [1.29, 1.82) is 0 Å². The Morgan fingerprint density at radius 1 is 0.372 bits per heavy atom. The van der Waals surface area contributed by atoms with Gasteiger partial charge in [-0.1, -0.05) is 373 Å². The molecule has 1 amide bonds. The largest absolute Gasteiger partial charge is 0.394 e. The fourth-order valence-electron chi connectivity index (χ4n) is 12.1. The molecule has 1 heterocycles. The van der Waals surface area contributed by atoms with Gasteiger partial charge in [-0.05, 0) is 96.3 Å². The van der Waals surface area contributed by atoms with Gasteiger partial charge < -0.3 is 40.3 Å². The summed E-state index contributed by atoms with van der Waals surface area (Å²) < 4.78 is 11.3. The first-order chi connectivity index (χ1) is 46.3. The second-order valence-corrected chi connectivity index (χ2v) is 27.1. The van der Waals surface area contributed by atoms with E-state index in [1.165, 1.54) is 244 Å². The Bertz CT molecular complexity index is 1910. The summed E-state index contributed by atoms with van der Waals surface area (Å²) >= 11 is 0. The molecule has 1 aliphatic rings. The van der Waals surface area contributed by atoms with Crippen molar-refractivity contribution < 1.29 is 39.8 Å². The predicted molar refractivity (Wildman–Crippen MR) is 405 cm³/mol. The van der Waals surface area contributed by atoms with E-state index in [4.69, 9.17) is 9.47 Å². The maximum Gasteiger partial charge on any atom is 0.220 e. The van der Waals surface area contributed by atoms with Crippen LogP contribution in [0.3, 0.4) is 0 Å². The third kappa shape index (κ3) is 59.8. The van der Waals surface area contributed by atoms with Crippen LogP contribution in [0.25, 0.3) is 0 Å². The quantitative estimate of drug-likeness (QED) is 0.0261. The van der Waals surface area contributed by atoms with Gasteiger partial charge in [0.25, 0.3) is 0 Å². The zero-order valence-corrected chi connectivity index (χ0v) is 60.9.